The Morgan fingerprint density at radius 1 is 1.23 bits per heavy atom. The molecule has 1 amide bonds. The monoisotopic (exact) mass is 429 g/mol. The van der Waals surface area contributed by atoms with E-state index in [1.54, 1.807) is 19.1 Å². The molecule has 0 atom stereocenters. The SMILES string of the molecule is CCOC(=O)c1cc(CC)sc1NC(=O)c1ccccc1I. The van der Waals surface area contributed by atoms with Gasteiger partial charge in [0.05, 0.1) is 17.7 Å². The lowest BCUT2D eigenvalue weighted by Gasteiger charge is -2.07. The van der Waals surface area contributed by atoms with E-state index in [1.165, 1.54) is 11.3 Å². The van der Waals surface area contributed by atoms with Crippen LogP contribution in [-0.2, 0) is 11.2 Å². The Hall–Kier alpha value is -1.41. The fourth-order valence-electron chi connectivity index (χ4n) is 1.89. The summed E-state index contributed by atoms with van der Waals surface area (Å²) < 4.78 is 5.92. The molecule has 0 saturated carbocycles. The normalized spacial score (nSPS) is 10.3. The first-order valence-corrected chi connectivity index (χ1v) is 8.82. The van der Waals surface area contributed by atoms with Gasteiger partial charge in [-0.2, -0.15) is 0 Å². The van der Waals surface area contributed by atoms with Crippen LogP contribution in [0.25, 0.3) is 0 Å². The van der Waals surface area contributed by atoms with E-state index in [9.17, 15) is 9.59 Å². The molecule has 1 aromatic heterocycles. The van der Waals surface area contributed by atoms with Crippen molar-refractivity contribution in [2.45, 2.75) is 20.3 Å². The van der Waals surface area contributed by atoms with Crippen LogP contribution in [0.2, 0.25) is 0 Å². The zero-order valence-electron chi connectivity index (χ0n) is 12.3. The molecule has 0 spiro atoms. The third kappa shape index (κ3) is 3.86. The number of thiophene rings is 1. The molecule has 22 heavy (non-hydrogen) atoms. The van der Waals surface area contributed by atoms with Crippen molar-refractivity contribution < 1.29 is 14.3 Å². The molecule has 2 rings (SSSR count). The topological polar surface area (TPSA) is 55.4 Å². The Balaban J connectivity index is 2.29. The van der Waals surface area contributed by atoms with Gasteiger partial charge in [-0.3, -0.25) is 4.79 Å². The average Bonchev–Trinajstić information content (AvgIpc) is 2.91. The van der Waals surface area contributed by atoms with Gasteiger partial charge in [-0.15, -0.1) is 11.3 Å². The molecule has 1 heterocycles. The predicted molar refractivity (Wildman–Crippen MR) is 96.8 cm³/mol. The minimum Gasteiger partial charge on any atom is -0.462 e. The lowest BCUT2D eigenvalue weighted by atomic mass is 10.2. The van der Waals surface area contributed by atoms with Gasteiger partial charge in [-0.25, -0.2) is 4.79 Å². The lowest BCUT2D eigenvalue weighted by molar-refractivity contribution is 0.0528. The molecule has 0 aliphatic heterocycles. The molecular weight excluding hydrogens is 413 g/mol. The maximum Gasteiger partial charge on any atom is 0.341 e. The molecule has 0 saturated heterocycles. The molecule has 0 radical (unpaired) electrons. The Bertz CT molecular complexity index is 696. The van der Waals surface area contributed by atoms with Gasteiger partial charge in [0.15, 0.2) is 0 Å². The molecular formula is C16H16INO3S. The fourth-order valence-corrected chi connectivity index (χ4v) is 3.50. The maximum absolute atomic E-state index is 12.4. The summed E-state index contributed by atoms with van der Waals surface area (Å²) in [7, 11) is 0. The molecule has 0 fully saturated rings. The van der Waals surface area contributed by atoms with Crippen molar-refractivity contribution >= 4 is 50.8 Å². The van der Waals surface area contributed by atoms with Crippen LogP contribution in [0.1, 0.15) is 39.4 Å². The van der Waals surface area contributed by atoms with Crippen LogP contribution < -0.4 is 5.32 Å². The largest absolute Gasteiger partial charge is 0.462 e. The zero-order valence-corrected chi connectivity index (χ0v) is 15.3. The zero-order chi connectivity index (χ0) is 16.1. The van der Waals surface area contributed by atoms with Crippen molar-refractivity contribution in [1.82, 2.24) is 0 Å². The van der Waals surface area contributed by atoms with Crippen molar-refractivity contribution in [2.24, 2.45) is 0 Å². The van der Waals surface area contributed by atoms with Crippen LogP contribution in [0, 0.1) is 3.57 Å². The lowest BCUT2D eigenvalue weighted by Crippen LogP contribution is -2.15. The van der Waals surface area contributed by atoms with Crippen LogP contribution in [0.4, 0.5) is 5.00 Å². The molecule has 0 aliphatic rings. The van der Waals surface area contributed by atoms with Crippen LogP contribution in [0.3, 0.4) is 0 Å². The number of nitrogens with one attached hydrogen (secondary N) is 1. The summed E-state index contributed by atoms with van der Waals surface area (Å²) in [5, 5.41) is 3.38. The second-order valence-corrected chi connectivity index (χ2v) is 6.76. The number of ether oxygens (including phenoxy) is 1. The molecule has 6 heteroatoms. The van der Waals surface area contributed by atoms with E-state index < -0.39 is 5.97 Å². The summed E-state index contributed by atoms with van der Waals surface area (Å²) in [5.41, 5.74) is 1.01. The van der Waals surface area contributed by atoms with Crippen molar-refractivity contribution in [3.8, 4) is 0 Å². The highest BCUT2D eigenvalue weighted by molar-refractivity contribution is 14.1. The first kappa shape index (κ1) is 17.0. The molecule has 2 aromatic rings. The van der Waals surface area contributed by atoms with Crippen molar-refractivity contribution in [2.75, 3.05) is 11.9 Å². The van der Waals surface area contributed by atoms with Gasteiger partial charge in [0.2, 0.25) is 0 Å². The van der Waals surface area contributed by atoms with E-state index in [4.69, 9.17) is 4.74 Å². The van der Waals surface area contributed by atoms with E-state index >= 15 is 0 Å². The molecule has 0 aliphatic carbocycles. The highest BCUT2D eigenvalue weighted by Crippen LogP contribution is 2.30. The predicted octanol–water partition coefficient (Wildman–Crippen LogP) is 4.34. The molecule has 116 valence electrons. The van der Waals surface area contributed by atoms with Crippen molar-refractivity contribution in [1.29, 1.82) is 0 Å². The van der Waals surface area contributed by atoms with Crippen molar-refractivity contribution in [3.05, 3.63) is 49.9 Å². The third-order valence-electron chi connectivity index (χ3n) is 2.97. The fraction of sp³-hybridized carbons (Fsp3) is 0.250. The summed E-state index contributed by atoms with van der Waals surface area (Å²) in [6, 6.07) is 9.11. The van der Waals surface area contributed by atoms with Crippen LogP contribution in [0.15, 0.2) is 30.3 Å². The Kier molecular flexibility index (Phi) is 5.96. The average molecular weight is 429 g/mol. The summed E-state index contributed by atoms with van der Waals surface area (Å²) in [6.45, 7) is 4.07. The third-order valence-corrected chi connectivity index (χ3v) is 5.11. The van der Waals surface area contributed by atoms with E-state index in [1.807, 2.05) is 25.1 Å². The minimum atomic E-state index is -0.406. The van der Waals surface area contributed by atoms with Gasteiger partial charge >= 0.3 is 5.97 Å². The number of esters is 1. The van der Waals surface area contributed by atoms with Gasteiger partial charge in [-0.05, 0) is 54.1 Å². The second kappa shape index (κ2) is 7.73. The van der Waals surface area contributed by atoms with E-state index in [0.717, 1.165) is 14.9 Å². The van der Waals surface area contributed by atoms with E-state index in [-0.39, 0.29) is 5.91 Å². The maximum atomic E-state index is 12.4. The number of halogens is 1. The standard InChI is InChI=1S/C16H16INO3S/c1-3-10-9-12(16(20)21-4-2)15(22-10)18-14(19)11-7-5-6-8-13(11)17/h5-9H,3-4H2,1-2H3,(H,18,19). The molecule has 1 N–H and O–H groups in total. The summed E-state index contributed by atoms with van der Waals surface area (Å²) in [4.78, 5) is 25.4. The smallest absolute Gasteiger partial charge is 0.341 e. The summed E-state index contributed by atoms with van der Waals surface area (Å²) >= 11 is 3.52. The number of carbonyl (C=O) groups is 2. The number of anilines is 1. The number of benzene rings is 1. The van der Waals surface area contributed by atoms with Crippen LogP contribution in [-0.4, -0.2) is 18.5 Å². The van der Waals surface area contributed by atoms with Crippen molar-refractivity contribution in [3.63, 3.8) is 0 Å². The molecule has 4 nitrogen and oxygen atoms in total. The second-order valence-electron chi connectivity index (χ2n) is 4.46. The highest BCUT2D eigenvalue weighted by atomic mass is 127. The van der Waals surface area contributed by atoms with Gasteiger partial charge < -0.3 is 10.1 Å². The van der Waals surface area contributed by atoms with Gasteiger partial charge in [0.1, 0.15) is 5.00 Å². The highest BCUT2D eigenvalue weighted by Gasteiger charge is 2.19. The first-order valence-electron chi connectivity index (χ1n) is 6.92. The van der Waals surface area contributed by atoms with Gasteiger partial charge in [0.25, 0.3) is 5.91 Å². The number of aryl methyl sites for hydroxylation is 1. The minimum absolute atomic E-state index is 0.222. The summed E-state index contributed by atoms with van der Waals surface area (Å²) in [6.07, 6.45) is 0.801. The number of amides is 1. The Labute approximate surface area is 147 Å². The summed E-state index contributed by atoms with van der Waals surface area (Å²) in [5.74, 6) is -0.628. The number of hydrogen-bond donors (Lipinski definition) is 1. The van der Waals surface area contributed by atoms with E-state index in [0.29, 0.717) is 22.7 Å². The Morgan fingerprint density at radius 2 is 1.95 bits per heavy atom. The Morgan fingerprint density at radius 3 is 2.59 bits per heavy atom. The molecule has 1 aromatic carbocycles. The number of rotatable bonds is 5. The number of carbonyl (C=O) groups excluding carboxylic acids is 2. The van der Waals surface area contributed by atoms with Gasteiger partial charge in [0, 0.05) is 8.45 Å². The van der Waals surface area contributed by atoms with Crippen LogP contribution in [0.5, 0.6) is 0 Å². The number of hydrogen-bond acceptors (Lipinski definition) is 4. The molecule has 0 unspecified atom stereocenters. The quantitative estimate of drug-likeness (QED) is 0.568. The molecule has 0 bridgehead atoms. The van der Waals surface area contributed by atoms with Gasteiger partial charge in [-0.1, -0.05) is 19.1 Å². The van der Waals surface area contributed by atoms with E-state index in [2.05, 4.69) is 27.9 Å². The van der Waals surface area contributed by atoms with Crippen LogP contribution >= 0.6 is 33.9 Å². The first-order chi connectivity index (χ1) is 10.6.